The first-order valence-electron chi connectivity index (χ1n) is 6.17. The van der Waals surface area contributed by atoms with Gasteiger partial charge in [0.15, 0.2) is 0 Å². The van der Waals surface area contributed by atoms with Gasteiger partial charge in [0.1, 0.15) is 18.2 Å². The highest BCUT2D eigenvalue weighted by Crippen LogP contribution is 2.34. The monoisotopic (exact) mass is 252 g/mol. The number of methoxy groups -OCH3 is 1. The van der Waals surface area contributed by atoms with Crippen molar-refractivity contribution in [3.8, 4) is 5.75 Å². The first-order valence-corrected chi connectivity index (χ1v) is 6.17. The van der Waals surface area contributed by atoms with Crippen molar-refractivity contribution in [3.05, 3.63) is 30.1 Å². The molecule has 1 aliphatic rings. The number of hydrogen-bond donors (Lipinski definition) is 0. The second-order valence-electron chi connectivity index (χ2n) is 4.59. The predicted octanol–water partition coefficient (Wildman–Crippen LogP) is 2.79. The van der Waals surface area contributed by atoms with Gasteiger partial charge in [0, 0.05) is 0 Å². The smallest absolute Gasteiger partial charge is 0.312 e. The molecule has 1 saturated carbocycles. The van der Waals surface area contributed by atoms with Crippen LogP contribution in [0.25, 0.3) is 0 Å². The zero-order valence-corrected chi connectivity index (χ0v) is 10.4. The fourth-order valence-corrected chi connectivity index (χ4v) is 2.11. The van der Waals surface area contributed by atoms with Crippen molar-refractivity contribution in [2.75, 3.05) is 13.7 Å². The highest BCUT2D eigenvalue weighted by molar-refractivity contribution is 5.73. The van der Waals surface area contributed by atoms with Crippen LogP contribution in [0.1, 0.15) is 19.3 Å². The molecular formula is C14H17FO3. The topological polar surface area (TPSA) is 35.5 Å². The van der Waals surface area contributed by atoms with Crippen molar-refractivity contribution in [2.24, 2.45) is 11.8 Å². The summed E-state index contributed by atoms with van der Waals surface area (Å²) < 4.78 is 23.1. The molecule has 1 atom stereocenters. The van der Waals surface area contributed by atoms with Crippen molar-refractivity contribution >= 4 is 5.97 Å². The van der Waals surface area contributed by atoms with E-state index in [1.54, 1.807) is 12.1 Å². The quantitative estimate of drug-likeness (QED) is 0.756. The summed E-state index contributed by atoms with van der Waals surface area (Å²) in [5.74, 6) is 0.198. The Morgan fingerprint density at radius 2 is 2.06 bits per heavy atom. The number of carbonyl (C=O) groups is 1. The Kier molecular flexibility index (Phi) is 4.18. The normalized spacial score (nSPS) is 16.8. The van der Waals surface area contributed by atoms with Crippen molar-refractivity contribution < 1.29 is 18.7 Å². The molecule has 0 saturated heterocycles. The lowest BCUT2D eigenvalue weighted by Crippen LogP contribution is -2.34. The van der Waals surface area contributed by atoms with E-state index in [9.17, 15) is 9.18 Å². The first-order chi connectivity index (χ1) is 8.70. The fourth-order valence-electron chi connectivity index (χ4n) is 2.11. The Morgan fingerprint density at radius 1 is 1.39 bits per heavy atom. The highest BCUT2D eigenvalue weighted by atomic mass is 19.1. The second kappa shape index (κ2) is 5.85. The molecule has 1 aromatic carbocycles. The summed E-state index contributed by atoms with van der Waals surface area (Å²) in [7, 11) is 1.39. The van der Waals surface area contributed by atoms with Gasteiger partial charge in [0.25, 0.3) is 0 Å². The van der Waals surface area contributed by atoms with Gasteiger partial charge in [0.2, 0.25) is 0 Å². The second-order valence-corrected chi connectivity index (χ2v) is 4.59. The van der Waals surface area contributed by atoms with Gasteiger partial charge in [-0.25, -0.2) is 4.39 Å². The predicted molar refractivity (Wildman–Crippen MR) is 64.7 cm³/mol. The molecule has 0 spiro atoms. The molecule has 18 heavy (non-hydrogen) atoms. The average Bonchev–Trinajstić information content (AvgIpc) is 2.33. The molecule has 1 unspecified atom stereocenters. The highest BCUT2D eigenvalue weighted by Gasteiger charge is 2.33. The third kappa shape index (κ3) is 3.00. The third-order valence-electron chi connectivity index (χ3n) is 3.47. The number of carbonyl (C=O) groups excluding carboxylic acids is 1. The Balaban J connectivity index is 1.92. The van der Waals surface area contributed by atoms with Crippen LogP contribution < -0.4 is 4.74 Å². The lowest BCUT2D eigenvalue weighted by molar-refractivity contribution is -0.150. The number of halogens is 1. The molecule has 0 radical (unpaired) electrons. The van der Waals surface area contributed by atoms with Crippen LogP contribution in [-0.4, -0.2) is 19.7 Å². The van der Waals surface area contributed by atoms with Crippen LogP contribution in [0.5, 0.6) is 5.75 Å². The molecule has 2 rings (SSSR count). The average molecular weight is 252 g/mol. The van der Waals surface area contributed by atoms with Gasteiger partial charge in [-0.3, -0.25) is 4.79 Å². The molecule has 0 aromatic heterocycles. The van der Waals surface area contributed by atoms with Gasteiger partial charge in [-0.2, -0.15) is 0 Å². The zero-order valence-electron chi connectivity index (χ0n) is 10.4. The van der Waals surface area contributed by atoms with Crippen molar-refractivity contribution in [1.82, 2.24) is 0 Å². The maximum atomic E-state index is 12.7. The maximum Gasteiger partial charge on any atom is 0.312 e. The minimum Gasteiger partial charge on any atom is -0.493 e. The number of benzene rings is 1. The number of hydrogen-bond acceptors (Lipinski definition) is 3. The Bertz CT molecular complexity index is 398. The summed E-state index contributed by atoms with van der Waals surface area (Å²) in [6.45, 7) is 0.295. The van der Waals surface area contributed by atoms with E-state index in [1.165, 1.54) is 19.2 Å². The van der Waals surface area contributed by atoms with E-state index in [-0.39, 0.29) is 17.7 Å². The molecule has 0 bridgehead atoms. The molecule has 0 heterocycles. The summed E-state index contributed by atoms with van der Waals surface area (Å²) in [5.41, 5.74) is 0. The lowest BCUT2D eigenvalue weighted by Gasteiger charge is -2.31. The van der Waals surface area contributed by atoms with Crippen LogP contribution >= 0.6 is 0 Å². The van der Waals surface area contributed by atoms with Crippen LogP contribution in [0.3, 0.4) is 0 Å². The maximum absolute atomic E-state index is 12.7. The van der Waals surface area contributed by atoms with E-state index in [0.717, 1.165) is 19.3 Å². The molecular weight excluding hydrogens is 235 g/mol. The minimum atomic E-state index is -0.300. The lowest BCUT2D eigenvalue weighted by atomic mass is 9.76. The molecule has 1 aliphatic carbocycles. The molecule has 1 aromatic rings. The number of ether oxygens (including phenoxy) is 2. The number of rotatable bonds is 5. The Hall–Kier alpha value is -1.58. The summed E-state index contributed by atoms with van der Waals surface area (Å²) in [6, 6.07) is 5.80. The van der Waals surface area contributed by atoms with Crippen molar-refractivity contribution in [2.45, 2.75) is 19.3 Å². The number of esters is 1. The van der Waals surface area contributed by atoms with Gasteiger partial charge in [-0.15, -0.1) is 0 Å². The fraction of sp³-hybridized carbons (Fsp3) is 0.500. The van der Waals surface area contributed by atoms with Crippen molar-refractivity contribution in [3.63, 3.8) is 0 Å². The SMILES string of the molecule is COC(=O)C(COc1ccc(F)cc1)C1CCC1. The molecule has 1 fully saturated rings. The van der Waals surface area contributed by atoms with E-state index >= 15 is 0 Å². The van der Waals surface area contributed by atoms with Gasteiger partial charge in [0.05, 0.1) is 13.0 Å². The summed E-state index contributed by atoms with van der Waals surface area (Å²) in [6.07, 6.45) is 3.26. The van der Waals surface area contributed by atoms with Crippen LogP contribution in [0.2, 0.25) is 0 Å². The van der Waals surface area contributed by atoms with Crippen LogP contribution in [0.15, 0.2) is 24.3 Å². The van der Waals surface area contributed by atoms with E-state index in [4.69, 9.17) is 9.47 Å². The van der Waals surface area contributed by atoms with Crippen molar-refractivity contribution in [1.29, 1.82) is 0 Å². The van der Waals surface area contributed by atoms with Gasteiger partial charge < -0.3 is 9.47 Å². The summed E-state index contributed by atoms with van der Waals surface area (Å²) in [4.78, 5) is 11.7. The molecule has 4 heteroatoms. The Morgan fingerprint density at radius 3 is 2.56 bits per heavy atom. The zero-order chi connectivity index (χ0) is 13.0. The van der Waals surface area contributed by atoms with Gasteiger partial charge in [-0.05, 0) is 43.0 Å². The van der Waals surface area contributed by atoms with Crippen LogP contribution in [-0.2, 0) is 9.53 Å². The Labute approximate surface area is 106 Å². The van der Waals surface area contributed by atoms with Gasteiger partial charge >= 0.3 is 5.97 Å². The minimum absolute atomic E-state index is 0.214. The molecule has 0 aliphatic heterocycles. The molecule has 0 N–H and O–H groups in total. The van der Waals surface area contributed by atoms with Crippen LogP contribution in [0.4, 0.5) is 4.39 Å². The van der Waals surface area contributed by atoms with E-state index in [2.05, 4.69) is 0 Å². The largest absolute Gasteiger partial charge is 0.493 e. The van der Waals surface area contributed by atoms with E-state index < -0.39 is 0 Å². The third-order valence-corrected chi connectivity index (χ3v) is 3.47. The first kappa shape index (κ1) is 12.9. The summed E-state index contributed by atoms with van der Waals surface area (Å²) >= 11 is 0. The molecule has 0 amide bonds. The summed E-state index contributed by atoms with van der Waals surface area (Å²) in [5, 5.41) is 0. The standard InChI is InChI=1S/C14H17FO3/c1-17-14(16)13(10-3-2-4-10)9-18-12-7-5-11(15)6-8-12/h5-8,10,13H,2-4,9H2,1H3. The molecule has 3 nitrogen and oxygen atoms in total. The van der Waals surface area contributed by atoms with Crippen LogP contribution in [0, 0.1) is 17.7 Å². The van der Waals surface area contributed by atoms with E-state index in [0.29, 0.717) is 18.3 Å². The van der Waals surface area contributed by atoms with E-state index in [1.807, 2.05) is 0 Å². The van der Waals surface area contributed by atoms with Gasteiger partial charge in [-0.1, -0.05) is 6.42 Å². The molecule has 98 valence electrons.